The molecule has 0 amide bonds. The maximum absolute atomic E-state index is 9.41. The minimum Gasteiger partial charge on any atom is -0.387 e. The molecule has 1 aromatic heterocycles. The van der Waals surface area contributed by atoms with E-state index in [1.807, 2.05) is 0 Å². The van der Waals surface area contributed by atoms with Gasteiger partial charge in [0.2, 0.25) is 0 Å². The molecule has 1 heterocycles. The number of hydrogen-bond acceptors (Lipinski definition) is 2. The van der Waals surface area contributed by atoms with E-state index in [0.717, 1.165) is 5.56 Å². The highest BCUT2D eigenvalue weighted by molar-refractivity contribution is 6.29. The van der Waals surface area contributed by atoms with Crippen LogP contribution in [-0.2, 0) is 0 Å². The molecule has 4 N–H and O–H groups in total. The number of aliphatic hydroxyl groups excluding tert-OH is 1. The van der Waals surface area contributed by atoms with Crippen LogP contribution in [-0.4, -0.2) is 16.1 Å². The van der Waals surface area contributed by atoms with Gasteiger partial charge in [0.15, 0.2) is 0 Å². The molecule has 0 saturated carbocycles. The fraction of sp³-hybridized carbons (Fsp3) is 0.429. The molecule has 0 fully saturated rings. The number of nitrogens with two attached hydrogens (primary N) is 1. The number of H-pyrrole nitrogens is 1. The van der Waals surface area contributed by atoms with Gasteiger partial charge in [-0.25, -0.2) is 0 Å². The predicted molar refractivity (Wildman–Crippen MR) is 44.4 cm³/mol. The van der Waals surface area contributed by atoms with Crippen LogP contribution in [0, 0.1) is 0 Å². The smallest absolute Gasteiger partial charge is 0.106 e. The lowest BCUT2D eigenvalue weighted by atomic mass is 10.1. The number of halogens is 1. The van der Waals surface area contributed by atoms with E-state index in [4.69, 9.17) is 17.3 Å². The molecule has 0 aliphatic heterocycles. The summed E-state index contributed by atoms with van der Waals surface area (Å²) in [6.45, 7) is 1.74. The quantitative estimate of drug-likeness (QED) is 0.628. The summed E-state index contributed by atoms with van der Waals surface area (Å²) in [4.78, 5) is 2.75. The Kier molecular flexibility index (Phi) is 2.54. The maximum Gasteiger partial charge on any atom is 0.106 e. The van der Waals surface area contributed by atoms with Crippen molar-refractivity contribution >= 4 is 11.6 Å². The van der Waals surface area contributed by atoms with Gasteiger partial charge < -0.3 is 15.8 Å². The second kappa shape index (κ2) is 3.26. The summed E-state index contributed by atoms with van der Waals surface area (Å²) in [6, 6.07) is 1.39. The van der Waals surface area contributed by atoms with E-state index in [2.05, 4.69) is 4.98 Å². The Bertz CT molecular complexity index is 234. The maximum atomic E-state index is 9.41. The number of aromatic nitrogens is 1. The van der Waals surface area contributed by atoms with Crippen LogP contribution < -0.4 is 5.73 Å². The average Bonchev–Trinajstić information content (AvgIpc) is 2.34. The van der Waals surface area contributed by atoms with E-state index in [1.165, 1.54) is 0 Å². The number of aliphatic hydroxyl groups is 1. The Labute approximate surface area is 70.2 Å². The van der Waals surface area contributed by atoms with Crippen LogP contribution in [0.15, 0.2) is 12.3 Å². The van der Waals surface area contributed by atoms with Gasteiger partial charge in [-0.3, -0.25) is 0 Å². The number of hydrogen-bond donors (Lipinski definition) is 3. The van der Waals surface area contributed by atoms with E-state index in [9.17, 15) is 5.11 Å². The molecule has 0 aromatic carbocycles. The van der Waals surface area contributed by atoms with Crippen LogP contribution in [0.1, 0.15) is 18.6 Å². The van der Waals surface area contributed by atoms with Gasteiger partial charge in [-0.15, -0.1) is 0 Å². The van der Waals surface area contributed by atoms with E-state index >= 15 is 0 Å². The molecule has 11 heavy (non-hydrogen) atoms. The molecule has 0 aliphatic carbocycles. The third kappa shape index (κ3) is 1.96. The van der Waals surface area contributed by atoms with Crippen LogP contribution in [0.3, 0.4) is 0 Å². The van der Waals surface area contributed by atoms with Crippen LogP contribution in [0.2, 0.25) is 5.15 Å². The molecule has 3 nitrogen and oxygen atoms in total. The second-order valence-electron chi connectivity index (χ2n) is 2.58. The molecule has 2 atom stereocenters. The minimum absolute atomic E-state index is 0.276. The molecular weight excluding hydrogens is 164 g/mol. The molecule has 0 bridgehead atoms. The zero-order chi connectivity index (χ0) is 8.43. The van der Waals surface area contributed by atoms with Crippen LogP contribution in [0.5, 0.6) is 0 Å². The van der Waals surface area contributed by atoms with Crippen molar-refractivity contribution in [1.29, 1.82) is 0 Å². The van der Waals surface area contributed by atoms with Gasteiger partial charge in [-0.05, 0) is 13.0 Å². The first kappa shape index (κ1) is 8.59. The Hall–Kier alpha value is -0.510. The fourth-order valence-electron chi connectivity index (χ4n) is 0.856. The van der Waals surface area contributed by atoms with Gasteiger partial charge in [0.1, 0.15) is 5.15 Å². The van der Waals surface area contributed by atoms with E-state index in [-0.39, 0.29) is 6.04 Å². The van der Waals surface area contributed by atoms with Gasteiger partial charge in [0.25, 0.3) is 0 Å². The summed E-state index contributed by atoms with van der Waals surface area (Å²) >= 11 is 5.60. The summed E-state index contributed by atoms with van der Waals surface area (Å²) < 4.78 is 0. The first-order valence-electron chi connectivity index (χ1n) is 3.38. The molecule has 1 aromatic rings. The van der Waals surface area contributed by atoms with Gasteiger partial charge in [0.05, 0.1) is 6.10 Å². The number of rotatable bonds is 2. The SMILES string of the molecule is CC(N)C(O)c1c[nH]c(Cl)c1. The summed E-state index contributed by atoms with van der Waals surface area (Å²) in [5.41, 5.74) is 6.20. The summed E-state index contributed by atoms with van der Waals surface area (Å²) in [7, 11) is 0. The van der Waals surface area contributed by atoms with E-state index < -0.39 is 6.10 Å². The Morgan fingerprint density at radius 1 is 1.73 bits per heavy atom. The van der Waals surface area contributed by atoms with Crippen LogP contribution in [0.25, 0.3) is 0 Å². The van der Waals surface area contributed by atoms with Gasteiger partial charge in [0, 0.05) is 17.8 Å². The van der Waals surface area contributed by atoms with Crippen molar-refractivity contribution in [1.82, 2.24) is 4.98 Å². The largest absolute Gasteiger partial charge is 0.387 e. The van der Waals surface area contributed by atoms with Crippen molar-refractivity contribution in [2.24, 2.45) is 5.73 Å². The standard InChI is InChI=1S/C7H11ClN2O/c1-4(9)7(11)5-2-6(8)10-3-5/h2-4,7,10-11H,9H2,1H3. The molecular formula is C7H11ClN2O. The molecule has 0 aliphatic rings. The van der Waals surface area contributed by atoms with Crippen molar-refractivity contribution in [2.75, 3.05) is 0 Å². The van der Waals surface area contributed by atoms with Crippen molar-refractivity contribution in [3.8, 4) is 0 Å². The molecule has 1 rings (SSSR count). The predicted octanol–water partition coefficient (Wildman–Crippen LogP) is 1.05. The normalized spacial score (nSPS) is 16.4. The lowest BCUT2D eigenvalue weighted by Gasteiger charge is -2.11. The lowest BCUT2D eigenvalue weighted by molar-refractivity contribution is 0.153. The van der Waals surface area contributed by atoms with Crippen LogP contribution in [0.4, 0.5) is 0 Å². The molecule has 0 radical (unpaired) electrons. The highest BCUT2D eigenvalue weighted by Gasteiger charge is 2.12. The topological polar surface area (TPSA) is 62.0 Å². The van der Waals surface area contributed by atoms with E-state index in [1.54, 1.807) is 19.2 Å². The highest BCUT2D eigenvalue weighted by atomic mass is 35.5. The van der Waals surface area contributed by atoms with Gasteiger partial charge >= 0.3 is 0 Å². The van der Waals surface area contributed by atoms with Crippen molar-refractivity contribution in [3.05, 3.63) is 23.0 Å². The van der Waals surface area contributed by atoms with Crippen LogP contribution >= 0.6 is 11.6 Å². The number of aromatic amines is 1. The summed E-state index contributed by atoms with van der Waals surface area (Å²) in [6.07, 6.45) is 1.01. The number of nitrogens with one attached hydrogen (secondary N) is 1. The zero-order valence-corrected chi connectivity index (χ0v) is 6.97. The molecule has 2 unspecified atom stereocenters. The van der Waals surface area contributed by atoms with Gasteiger partial charge in [-0.1, -0.05) is 11.6 Å². The first-order chi connectivity index (χ1) is 5.11. The third-order valence-electron chi connectivity index (χ3n) is 1.51. The highest BCUT2D eigenvalue weighted by Crippen LogP contribution is 2.18. The average molecular weight is 175 g/mol. The molecule has 0 spiro atoms. The fourth-order valence-corrected chi connectivity index (χ4v) is 1.04. The van der Waals surface area contributed by atoms with Crippen molar-refractivity contribution in [2.45, 2.75) is 19.1 Å². The van der Waals surface area contributed by atoms with Gasteiger partial charge in [-0.2, -0.15) is 0 Å². The monoisotopic (exact) mass is 174 g/mol. The Balaban J connectivity index is 2.76. The Morgan fingerprint density at radius 3 is 2.73 bits per heavy atom. The molecule has 4 heteroatoms. The Morgan fingerprint density at radius 2 is 2.36 bits per heavy atom. The second-order valence-corrected chi connectivity index (χ2v) is 2.99. The van der Waals surface area contributed by atoms with Crippen molar-refractivity contribution < 1.29 is 5.11 Å². The lowest BCUT2D eigenvalue weighted by Crippen LogP contribution is -2.23. The summed E-state index contributed by atoms with van der Waals surface area (Å²) in [5.74, 6) is 0. The minimum atomic E-state index is -0.640. The molecule has 62 valence electrons. The first-order valence-corrected chi connectivity index (χ1v) is 3.76. The molecule has 0 saturated heterocycles. The van der Waals surface area contributed by atoms with Crippen molar-refractivity contribution in [3.63, 3.8) is 0 Å². The van der Waals surface area contributed by atoms with E-state index in [0.29, 0.717) is 5.15 Å². The third-order valence-corrected chi connectivity index (χ3v) is 1.73. The zero-order valence-electron chi connectivity index (χ0n) is 6.21. The summed E-state index contributed by atoms with van der Waals surface area (Å²) in [5, 5.41) is 9.92.